The van der Waals surface area contributed by atoms with Gasteiger partial charge < -0.3 is 4.74 Å². The molecule has 19 heavy (non-hydrogen) atoms. The molecule has 0 radical (unpaired) electrons. The molecule has 0 saturated carbocycles. The van der Waals surface area contributed by atoms with Crippen LogP contribution in [0.5, 0.6) is 0 Å². The minimum atomic E-state index is -0.600. The molecular formula is C13H14N2O4. The predicted octanol–water partition coefficient (Wildman–Crippen LogP) is 0.263. The molecule has 1 aromatic carbocycles. The molecule has 0 unspecified atom stereocenters. The normalized spacial score (nSPS) is 10.6. The number of aryl methyl sites for hydroxylation is 1. The highest BCUT2D eigenvalue weighted by molar-refractivity contribution is 5.78. The minimum Gasteiger partial charge on any atom is -0.465 e. The third-order valence-electron chi connectivity index (χ3n) is 2.85. The minimum absolute atomic E-state index is 0.210. The van der Waals surface area contributed by atoms with Gasteiger partial charge in [0.25, 0.3) is 5.56 Å². The summed E-state index contributed by atoms with van der Waals surface area (Å²) in [5.41, 5.74) is -0.471. The molecule has 0 aliphatic rings. The highest BCUT2D eigenvalue weighted by atomic mass is 16.5. The molecule has 1 aromatic heterocycles. The Morgan fingerprint density at radius 2 is 1.95 bits per heavy atom. The van der Waals surface area contributed by atoms with Crippen molar-refractivity contribution in [2.45, 2.75) is 13.5 Å². The third-order valence-corrected chi connectivity index (χ3v) is 2.85. The highest BCUT2D eigenvalue weighted by Crippen LogP contribution is 2.05. The molecule has 0 spiro atoms. The first-order valence-corrected chi connectivity index (χ1v) is 5.90. The number of hydrogen-bond donors (Lipinski definition) is 0. The summed E-state index contributed by atoms with van der Waals surface area (Å²) in [4.78, 5) is 35.7. The number of fused-ring (bicyclic) bond motifs is 1. The van der Waals surface area contributed by atoms with Crippen molar-refractivity contribution in [3.63, 3.8) is 0 Å². The molecule has 2 aromatic rings. The van der Waals surface area contributed by atoms with Crippen LogP contribution in [0.3, 0.4) is 0 Å². The molecule has 2 rings (SSSR count). The summed E-state index contributed by atoms with van der Waals surface area (Å²) in [6.07, 6.45) is 0. The van der Waals surface area contributed by atoms with E-state index < -0.39 is 17.2 Å². The number of carbonyl (C=O) groups excluding carboxylic acids is 1. The van der Waals surface area contributed by atoms with Gasteiger partial charge in [-0.3, -0.25) is 14.2 Å². The Bertz CT molecular complexity index is 742. The van der Waals surface area contributed by atoms with Crippen LogP contribution in [-0.4, -0.2) is 21.7 Å². The lowest BCUT2D eigenvalue weighted by Crippen LogP contribution is -2.41. The highest BCUT2D eigenvalue weighted by Gasteiger charge is 2.13. The molecule has 0 atom stereocenters. The SMILES string of the molecule is CCOC(=O)Cn1c(=O)c2ccccc2n(C)c1=O. The molecule has 0 aliphatic carbocycles. The maximum absolute atomic E-state index is 12.2. The van der Waals surface area contributed by atoms with Gasteiger partial charge in [0, 0.05) is 7.05 Å². The first kappa shape index (κ1) is 13.1. The Labute approximate surface area is 108 Å². The lowest BCUT2D eigenvalue weighted by molar-refractivity contribution is -0.143. The zero-order valence-corrected chi connectivity index (χ0v) is 10.8. The van der Waals surface area contributed by atoms with E-state index in [0.717, 1.165) is 4.57 Å². The Hall–Kier alpha value is -2.37. The summed E-state index contributed by atoms with van der Waals surface area (Å²) in [5.74, 6) is -0.600. The molecule has 6 heteroatoms. The largest absolute Gasteiger partial charge is 0.465 e. The van der Waals surface area contributed by atoms with E-state index in [1.165, 1.54) is 4.57 Å². The zero-order chi connectivity index (χ0) is 14.0. The number of hydrogen-bond acceptors (Lipinski definition) is 4. The Morgan fingerprint density at radius 1 is 1.26 bits per heavy atom. The van der Waals surface area contributed by atoms with Crippen LogP contribution in [-0.2, 0) is 23.1 Å². The van der Waals surface area contributed by atoms with Crippen LogP contribution in [0.25, 0.3) is 10.9 Å². The van der Waals surface area contributed by atoms with Gasteiger partial charge in [-0.2, -0.15) is 0 Å². The Morgan fingerprint density at radius 3 is 2.63 bits per heavy atom. The quantitative estimate of drug-likeness (QED) is 0.744. The monoisotopic (exact) mass is 262 g/mol. The van der Waals surface area contributed by atoms with Crippen LogP contribution in [0.4, 0.5) is 0 Å². The Kier molecular flexibility index (Phi) is 3.50. The molecule has 100 valence electrons. The second-order valence-corrected chi connectivity index (χ2v) is 4.06. The number of rotatable bonds is 3. The van der Waals surface area contributed by atoms with Crippen molar-refractivity contribution in [3.8, 4) is 0 Å². The van der Waals surface area contributed by atoms with E-state index in [2.05, 4.69) is 0 Å². The van der Waals surface area contributed by atoms with Crippen molar-refractivity contribution in [1.29, 1.82) is 0 Å². The molecule has 6 nitrogen and oxygen atoms in total. The molecule has 0 fully saturated rings. The predicted molar refractivity (Wildman–Crippen MR) is 70.1 cm³/mol. The molecular weight excluding hydrogens is 248 g/mol. The Balaban J connectivity index is 2.66. The van der Waals surface area contributed by atoms with Crippen LogP contribution in [0.15, 0.2) is 33.9 Å². The van der Waals surface area contributed by atoms with E-state index in [9.17, 15) is 14.4 Å². The summed E-state index contributed by atoms with van der Waals surface area (Å²) in [6.45, 7) is 1.50. The van der Waals surface area contributed by atoms with E-state index in [1.54, 1.807) is 38.2 Å². The van der Waals surface area contributed by atoms with Crippen LogP contribution in [0.2, 0.25) is 0 Å². The lowest BCUT2D eigenvalue weighted by atomic mass is 10.2. The van der Waals surface area contributed by atoms with Gasteiger partial charge in [0.2, 0.25) is 0 Å². The van der Waals surface area contributed by atoms with Crippen LogP contribution >= 0.6 is 0 Å². The van der Waals surface area contributed by atoms with E-state index in [-0.39, 0.29) is 13.2 Å². The fourth-order valence-corrected chi connectivity index (χ4v) is 1.94. The topological polar surface area (TPSA) is 70.3 Å². The van der Waals surface area contributed by atoms with Crippen molar-refractivity contribution < 1.29 is 9.53 Å². The van der Waals surface area contributed by atoms with Gasteiger partial charge in [0.05, 0.1) is 17.5 Å². The van der Waals surface area contributed by atoms with E-state index in [4.69, 9.17) is 4.74 Å². The summed E-state index contributed by atoms with van der Waals surface area (Å²) >= 11 is 0. The van der Waals surface area contributed by atoms with Crippen molar-refractivity contribution >= 4 is 16.9 Å². The summed E-state index contributed by atoms with van der Waals surface area (Å²) in [5, 5.41) is 0.397. The van der Waals surface area contributed by atoms with Crippen LogP contribution < -0.4 is 11.2 Å². The fraction of sp³-hybridized carbons (Fsp3) is 0.308. The molecule has 0 saturated heterocycles. The smallest absolute Gasteiger partial charge is 0.331 e. The maximum Gasteiger partial charge on any atom is 0.331 e. The first-order valence-electron chi connectivity index (χ1n) is 5.90. The summed E-state index contributed by atoms with van der Waals surface area (Å²) in [6, 6.07) is 6.77. The molecule has 0 amide bonds. The number of nitrogens with zero attached hydrogens (tertiary/aromatic N) is 2. The second kappa shape index (κ2) is 5.09. The molecule has 0 bridgehead atoms. The van der Waals surface area contributed by atoms with Gasteiger partial charge in [0.15, 0.2) is 0 Å². The van der Waals surface area contributed by atoms with Crippen molar-refractivity contribution in [2.24, 2.45) is 7.05 Å². The number of carbonyl (C=O) groups is 1. The number of benzene rings is 1. The fourth-order valence-electron chi connectivity index (χ4n) is 1.94. The number of esters is 1. The van der Waals surface area contributed by atoms with E-state index in [0.29, 0.717) is 10.9 Å². The number of aromatic nitrogens is 2. The summed E-state index contributed by atoms with van der Waals surface area (Å²) in [7, 11) is 1.56. The molecule has 0 aliphatic heterocycles. The zero-order valence-electron chi connectivity index (χ0n) is 10.8. The van der Waals surface area contributed by atoms with Gasteiger partial charge >= 0.3 is 11.7 Å². The standard InChI is InChI=1S/C13H14N2O4/c1-3-19-11(16)8-15-12(17)9-6-4-5-7-10(9)14(2)13(15)18/h4-7H,3,8H2,1-2H3. The van der Waals surface area contributed by atoms with Gasteiger partial charge in [0.1, 0.15) is 6.54 Å². The van der Waals surface area contributed by atoms with Crippen LogP contribution in [0, 0.1) is 0 Å². The molecule has 0 N–H and O–H groups in total. The number of ether oxygens (including phenoxy) is 1. The third kappa shape index (κ3) is 2.29. The van der Waals surface area contributed by atoms with Gasteiger partial charge in [-0.1, -0.05) is 12.1 Å². The van der Waals surface area contributed by atoms with Crippen LogP contribution in [0.1, 0.15) is 6.92 Å². The van der Waals surface area contributed by atoms with E-state index >= 15 is 0 Å². The van der Waals surface area contributed by atoms with Crippen molar-refractivity contribution in [2.75, 3.05) is 6.61 Å². The first-order chi connectivity index (χ1) is 9.06. The lowest BCUT2D eigenvalue weighted by Gasteiger charge is -2.09. The van der Waals surface area contributed by atoms with Crippen molar-refractivity contribution in [1.82, 2.24) is 9.13 Å². The van der Waals surface area contributed by atoms with Gasteiger partial charge in [-0.15, -0.1) is 0 Å². The number of para-hydroxylation sites is 1. The molecule has 1 heterocycles. The second-order valence-electron chi connectivity index (χ2n) is 4.06. The summed E-state index contributed by atoms with van der Waals surface area (Å²) < 4.78 is 6.99. The van der Waals surface area contributed by atoms with Gasteiger partial charge in [-0.05, 0) is 19.1 Å². The van der Waals surface area contributed by atoms with Gasteiger partial charge in [-0.25, -0.2) is 9.36 Å². The average Bonchev–Trinajstić information content (AvgIpc) is 2.41. The maximum atomic E-state index is 12.2. The van der Waals surface area contributed by atoms with Crippen molar-refractivity contribution in [3.05, 3.63) is 45.1 Å². The van der Waals surface area contributed by atoms with E-state index in [1.807, 2.05) is 0 Å². The average molecular weight is 262 g/mol.